The molecule has 0 heterocycles. The fourth-order valence-corrected chi connectivity index (χ4v) is 2.59. The number of carbonyl (C=O) groups is 1. The van der Waals surface area contributed by atoms with Crippen LogP contribution in [-0.4, -0.2) is 5.91 Å². The second-order valence-corrected chi connectivity index (χ2v) is 5.83. The van der Waals surface area contributed by atoms with Gasteiger partial charge in [-0.1, -0.05) is 84.9 Å². The summed E-state index contributed by atoms with van der Waals surface area (Å²) >= 11 is 0. The van der Waals surface area contributed by atoms with Crippen LogP contribution in [0.4, 0.5) is 0 Å². The normalized spacial score (nSPS) is 10.8. The van der Waals surface area contributed by atoms with Crippen molar-refractivity contribution in [3.8, 4) is 17.2 Å². The number of nitriles is 1. The quantitative estimate of drug-likeness (QED) is 0.547. The molecule has 26 heavy (non-hydrogen) atoms. The highest BCUT2D eigenvalue weighted by Gasteiger charge is 2.08. The molecule has 0 aromatic heterocycles. The van der Waals surface area contributed by atoms with Gasteiger partial charge in [0.15, 0.2) is 0 Å². The van der Waals surface area contributed by atoms with Crippen molar-refractivity contribution in [1.82, 2.24) is 5.32 Å². The molecule has 0 atom stereocenters. The summed E-state index contributed by atoms with van der Waals surface area (Å²) in [5.41, 5.74) is 4.12. The van der Waals surface area contributed by atoms with E-state index in [1.54, 1.807) is 6.08 Å². The zero-order valence-corrected chi connectivity index (χ0v) is 14.2. The number of benzene rings is 3. The third-order valence-electron chi connectivity index (χ3n) is 3.99. The number of carbonyl (C=O) groups excluding carboxylic acids is 1. The minimum atomic E-state index is -0.372. The van der Waals surface area contributed by atoms with Crippen molar-refractivity contribution in [2.75, 3.05) is 0 Å². The summed E-state index contributed by atoms with van der Waals surface area (Å²) in [5.74, 6) is -0.372. The molecule has 3 aromatic rings. The third kappa shape index (κ3) is 4.46. The second-order valence-electron chi connectivity index (χ2n) is 5.83. The van der Waals surface area contributed by atoms with E-state index in [0.29, 0.717) is 6.54 Å². The van der Waals surface area contributed by atoms with Crippen LogP contribution < -0.4 is 5.32 Å². The standard InChI is InChI=1S/C23H18N2O/c24-16-22(23(26)25-17-19-7-3-1-4-8-19)15-18-11-13-21(14-12-18)20-9-5-2-6-10-20/h1-15H,17H2,(H,25,26). The van der Waals surface area contributed by atoms with Gasteiger partial charge in [0.1, 0.15) is 11.6 Å². The van der Waals surface area contributed by atoms with Gasteiger partial charge < -0.3 is 5.32 Å². The Morgan fingerprint density at radius 3 is 2.04 bits per heavy atom. The summed E-state index contributed by atoms with van der Waals surface area (Å²) < 4.78 is 0. The first-order chi connectivity index (χ1) is 12.8. The first-order valence-corrected chi connectivity index (χ1v) is 8.35. The highest BCUT2D eigenvalue weighted by Crippen LogP contribution is 2.20. The van der Waals surface area contributed by atoms with Gasteiger partial charge in [0, 0.05) is 6.54 Å². The average Bonchev–Trinajstić information content (AvgIpc) is 2.72. The lowest BCUT2D eigenvalue weighted by atomic mass is 10.0. The van der Waals surface area contributed by atoms with E-state index in [9.17, 15) is 10.1 Å². The van der Waals surface area contributed by atoms with E-state index in [-0.39, 0.29) is 11.5 Å². The second kappa shape index (κ2) is 8.46. The minimum absolute atomic E-state index is 0.0911. The van der Waals surface area contributed by atoms with Gasteiger partial charge in [0.2, 0.25) is 0 Å². The first kappa shape index (κ1) is 17.2. The molecule has 0 bridgehead atoms. The van der Waals surface area contributed by atoms with Gasteiger partial charge in [-0.2, -0.15) is 5.26 Å². The molecule has 0 aliphatic rings. The van der Waals surface area contributed by atoms with Crippen molar-refractivity contribution >= 4 is 12.0 Å². The smallest absolute Gasteiger partial charge is 0.262 e. The van der Waals surface area contributed by atoms with Gasteiger partial charge in [-0.3, -0.25) is 4.79 Å². The van der Waals surface area contributed by atoms with Crippen LogP contribution in [0.15, 0.2) is 90.5 Å². The number of hydrogen-bond donors (Lipinski definition) is 1. The zero-order chi connectivity index (χ0) is 18.2. The maximum absolute atomic E-state index is 12.2. The van der Waals surface area contributed by atoms with Crippen molar-refractivity contribution in [3.05, 3.63) is 102 Å². The molecule has 3 aromatic carbocycles. The predicted octanol–water partition coefficient (Wildman–Crippen LogP) is 4.58. The Morgan fingerprint density at radius 1 is 0.846 bits per heavy atom. The number of nitrogens with one attached hydrogen (secondary N) is 1. The van der Waals surface area contributed by atoms with E-state index in [1.807, 2.05) is 91.0 Å². The lowest BCUT2D eigenvalue weighted by Gasteiger charge is -2.05. The Kier molecular flexibility index (Phi) is 5.59. The Labute approximate surface area is 153 Å². The van der Waals surface area contributed by atoms with Crippen LogP contribution in [0, 0.1) is 11.3 Å². The molecule has 1 amide bonds. The summed E-state index contributed by atoms with van der Waals surface area (Å²) in [6, 6.07) is 29.4. The van der Waals surface area contributed by atoms with E-state index >= 15 is 0 Å². The molecule has 0 aliphatic heterocycles. The summed E-state index contributed by atoms with van der Waals surface area (Å²) in [4.78, 5) is 12.2. The van der Waals surface area contributed by atoms with Crippen LogP contribution in [-0.2, 0) is 11.3 Å². The van der Waals surface area contributed by atoms with E-state index in [1.165, 1.54) is 0 Å². The van der Waals surface area contributed by atoms with Gasteiger partial charge in [-0.25, -0.2) is 0 Å². The first-order valence-electron chi connectivity index (χ1n) is 8.35. The van der Waals surface area contributed by atoms with Crippen LogP contribution in [0.1, 0.15) is 11.1 Å². The zero-order valence-electron chi connectivity index (χ0n) is 14.2. The largest absolute Gasteiger partial charge is 0.347 e. The molecule has 3 nitrogen and oxygen atoms in total. The molecule has 126 valence electrons. The van der Waals surface area contributed by atoms with Crippen molar-refractivity contribution in [2.45, 2.75) is 6.54 Å². The van der Waals surface area contributed by atoms with Crippen LogP contribution in [0.5, 0.6) is 0 Å². The third-order valence-corrected chi connectivity index (χ3v) is 3.99. The monoisotopic (exact) mass is 338 g/mol. The lowest BCUT2D eigenvalue weighted by molar-refractivity contribution is -0.117. The fourth-order valence-electron chi connectivity index (χ4n) is 2.59. The van der Waals surface area contributed by atoms with E-state index in [2.05, 4.69) is 5.32 Å². The molecule has 0 aliphatic carbocycles. The van der Waals surface area contributed by atoms with E-state index in [4.69, 9.17) is 0 Å². The van der Waals surface area contributed by atoms with Crippen LogP contribution in [0.3, 0.4) is 0 Å². The maximum atomic E-state index is 12.2. The average molecular weight is 338 g/mol. The Bertz CT molecular complexity index is 937. The van der Waals surface area contributed by atoms with Crippen LogP contribution >= 0.6 is 0 Å². The molecule has 1 N–H and O–H groups in total. The highest BCUT2D eigenvalue weighted by molar-refractivity contribution is 6.01. The fraction of sp³-hybridized carbons (Fsp3) is 0.0435. The van der Waals surface area contributed by atoms with Gasteiger partial charge in [-0.15, -0.1) is 0 Å². The molecule has 0 radical (unpaired) electrons. The predicted molar refractivity (Wildman–Crippen MR) is 104 cm³/mol. The summed E-state index contributed by atoms with van der Waals surface area (Å²) in [7, 11) is 0. The summed E-state index contributed by atoms with van der Waals surface area (Å²) in [5, 5.41) is 12.1. The number of nitrogens with zero attached hydrogens (tertiary/aromatic N) is 1. The van der Waals surface area contributed by atoms with Gasteiger partial charge in [0.05, 0.1) is 0 Å². The minimum Gasteiger partial charge on any atom is -0.347 e. The number of hydrogen-bond acceptors (Lipinski definition) is 2. The van der Waals surface area contributed by atoms with Gasteiger partial charge in [0.25, 0.3) is 5.91 Å². The molecule has 0 unspecified atom stereocenters. The molecule has 0 saturated heterocycles. The van der Waals surface area contributed by atoms with Crippen molar-refractivity contribution < 1.29 is 4.79 Å². The van der Waals surface area contributed by atoms with Crippen LogP contribution in [0.25, 0.3) is 17.2 Å². The van der Waals surface area contributed by atoms with Crippen LogP contribution in [0.2, 0.25) is 0 Å². The molecule has 0 spiro atoms. The molecule has 3 heteroatoms. The highest BCUT2D eigenvalue weighted by atomic mass is 16.1. The molecule has 0 fully saturated rings. The molecular formula is C23H18N2O. The number of rotatable bonds is 5. The van der Waals surface area contributed by atoms with E-state index in [0.717, 1.165) is 22.3 Å². The molecular weight excluding hydrogens is 320 g/mol. The lowest BCUT2D eigenvalue weighted by Crippen LogP contribution is -2.23. The summed E-state index contributed by atoms with van der Waals surface area (Å²) in [6.45, 7) is 0.394. The Hall–Kier alpha value is -3.64. The van der Waals surface area contributed by atoms with Crippen molar-refractivity contribution in [2.24, 2.45) is 0 Å². The van der Waals surface area contributed by atoms with Crippen molar-refractivity contribution in [3.63, 3.8) is 0 Å². The topological polar surface area (TPSA) is 52.9 Å². The molecule has 3 rings (SSSR count). The Balaban J connectivity index is 1.70. The Morgan fingerprint density at radius 2 is 1.42 bits per heavy atom. The van der Waals surface area contributed by atoms with Gasteiger partial charge >= 0.3 is 0 Å². The maximum Gasteiger partial charge on any atom is 0.262 e. The number of amides is 1. The van der Waals surface area contributed by atoms with E-state index < -0.39 is 0 Å². The summed E-state index contributed by atoms with van der Waals surface area (Å²) in [6.07, 6.45) is 1.61. The van der Waals surface area contributed by atoms with Gasteiger partial charge in [-0.05, 0) is 28.3 Å². The molecule has 0 saturated carbocycles. The van der Waals surface area contributed by atoms with Crippen molar-refractivity contribution in [1.29, 1.82) is 5.26 Å². The SMILES string of the molecule is N#CC(=Cc1ccc(-c2ccccc2)cc1)C(=O)NCc1ccccc1.